The molecule has 3 atom stereocenters. The number of carbonyl (C=O) groups is 2. The summed E-state index contributed by atoms with van der Waals surface area (Å²) in [7, 11) is 0. The number of carbonyl (C=O) groups excluding carboxylic acids is 2. The van der Waals surface area contributed by atoms with E-state index in [4.69, 9.17) is 4.74 Å². The van der Waals surface area contributed by atoms with Crippen LogP contribution in [0.15, 0.2) is 54.6 Å². The lowest BCUT2D eigenvalue weighted by Crippen LogP contribution is -2.43. The number of ether oxygens (including phenoxy) is 1. The number of anilines is 1. The third-order valence-electron chi connectivity index (χ3n) is 5.26. The normalized spacial score (nSPS) is 19.8. The summed E-state index contributed by atoms with van der Waals surface area (Å²) in [5.74, 6) is -0.532. The summed E-state index contributed by atoms with van der Waals surface area (Å²) >= 11 is 0. The maximum atomic E-state index is 13.0. The van der Waals surface area contributed by atoms with E-state index in [1.165, 1.54) is 24.3 Å². The Balaban J connectivity index is 1.51. The van der Waals surface area contributed by atoms with Gasteiger partial charge in [-0.3, -0.25) is 10.1 Å². The molecule has 2 aromatic rings. The van der Waals surface area contributed by atoms with Crippen molar-refractivity contribution in [2.75, 3.05) is 5.32 Å². The van der Waals surface area contributed by atoms with E-state index in [1.807, 2.05) is 37.3 Å². The molecular formula is C23H27FN2O3. The Morgan fingerprint density at radius 2 is 1.83 bits per heavy atom. The number of amides is 2. The van der Waals surface area contributed by atoms with E-state index >= 15 is 0 Å². The highest BCUT2D eigenvalue weighted by molar-refractivity contribution is 5.85. The van der Waals surface area contributed by atoms with Crippen LogP contribution in [0.4, 0.5) is 14.9 Å². The van der Waals surface area contributed by atoms with Crippen molar-refractivity contribution in [2.24, 2.45) is 0 Å². The van der Waals surface area contributed by atoms with Crippen LogP contribution in [-0.4, -0.2) is 24.1 Å². The van der Waals surface area contributed by atoms with E-state index in [9.17, 15) is 14.0 Å². The van der Waals surface area contributed by atoms with Crippen molar-refractivity contribution in [1.29, 1.82) is 0 Å². The zero-order chi connectivity index (χ0) is 20.6. The first-order valence-electron chi connectivity index (χ1n) is 10.1. The molecule has 1 saturated carbocycles. The minimum absolute atomic E-state index is 0.0140. The van der Waals surface area contributed by atoms with Crippen LogP contribution in [0.5, 0.6) is 0 Å². The van der Waals surface area contributed by atoms with Gasteiger partial charge in [-0.1, -0.05) is 37.3 Å². The Bertz CT molecular complexity index is 811. The van der Waals surface area contributed by atoms with Crippen LogP contribution in [0.3, 0.4) is 0 Å². The van der Waals surface area contributed by atoms with Crippen LogP contribution >= 0.6 is 0 Å². The monoisotopic (exact) mass is 398 g/mol. The van der Waals surface area contributed by atoms with E-state index in [1.54, 1.807) is 0 Å². The smallest absolute Gasteiger partial charge is 0.411 e. The van der Waals surface area contributed by atoms with Gasteiger partial charge in [-0.25, -0.2) is 9.18 Å². The second-order valence-corrected chi connectivity index (χ2v) is 7.40. The molecule has 0 radical (unpaired) electrons. The average Bonchev–Trinajstić information content (AvgIpc) is 2.71. The Labute approximate surface area is 170 Å². The summed E-state index contributed by atoms with van der Waals surface area (Å²) in [6, 6.07) is 15.3. The molecule has 0 saturated heterocycles. The van der Waals surface area contributed by atoms with Gasteiger partial charge in [0.2, 0.25) is 5.91 Å². The Morgan fingerprint density at radius 1 is 1.10 bits per heavy atom. The molecule has 6 heteroatoms. The Hall–Kier alpha value is -2.89. The van der Waals surface area contributed by atoms with Crippen LogP contribution in [0.25, 0.3) is 0 Å². The van der Waals surface area contributed by atoms with Crippen LogP contribution in [0, 0.1) is 5.82 Å². The molecule has 2 aromatic carbocycles. The first-order chi connectivity index (χ1) is 14.0. The molecular weight excluding hydrogens is 371 g/mol. The maximum absolute atomic E-state index is 13.0. The number of benzene rings is 2. The highest BCUT2D eigenvalue weighted by Crippen LogP contribution is 2.24. The van der Waals surface area contributed by atoms with Crippen molar-refractivity contribution >= 4 is 17.7 Å². The summed E-state index contributed by atoms with van der Waals surface area (Å²) in [6.07, 6.45) is 3.00. The highest BCUT2D eigenvalue weighted by Gasteiger charge is 2.28. The van der Waals surface area contributed by atoms with Gasteiger partial charge in [0.15, 0.2) is 0 Å². The van der Waals surface area contributed by atoms with Gasteiger partial charge in [-0.05, 0) is 55.5 Å². The van der Waals surface area contributed by atoms with Crippen molar-refractivity contribution in [2.45, 2.75) is 57.1 Å². The summed E-state index contributed by atoms with van der Waals surface area (Å²) in [6.45, 7) is 2.00. The number of nitrogens with one attached hydrogen (secondary N) is 2. The lowest BCUT2D eigenvalue weighted by atomic mass is 9.91. The third kappa shape index (κ3) is 6.04. The first kappa shape index (κ1) is 20.8. The number of rotatable bonds is 6. The summed E-state index contributed by atoms with van der Waals surface area (Å²) in [5, 5.41) is 5.74. The second kappa shape index (κ2) is 10.0. The van der Waals surface area contributed by atoms with Crippen molar-refractivity contribution < 1.29 is 18.7 Å². The molecule has 0 heterocycles. The molecule has 0 aromatic heterocycles. The molecule has 2 N–H and O–H groups in total. The molecule has 5 nitrogen and oxygen atoms in total. The molecule has 3 rings (SSSR count). The maximum Gasteiger partial charge on any atom is 0.411 e. The molecule has 0 unspecified atom stereocenters. The topological polar surface area (TPSA) is 67.4 Å². The van der Waals surface area contributed by atoms with Crippen LogP contribution in [0.1, 0.15) is 50.5 Å². The minimum Gasteiger partial charge on any atom is -0.446 e. The van der Waals surface area contributed by atoms with Crippen molar-refractivity contribution in [1.82, 2.24) is 5.32 Å². The number of halogens is 1. The fourth-order valence-corrected chi connectivity index (χ4v) is 3.77. The zero-order valence-corrected chi connectivity index (χ0v) is 16.6. The van der Waals surface area contributed by atoms with E-state index in [2.05, 4.69) is 10.6 Å². The van der Waals surface area contributed by atoms with E-state index < -0.39 is 6.09 Å². The molecule has 1 aliphatic rings. The second-order valence-electron chi connectivity index (χ2n) is 7.40. The largest absolute Gasteiger partial charge is 0.446 e. The molecule has 0 bridgehead atoms. The van der Waals surface area contributed by atoms with E-state index in [0.29, 0.717) is 12.1 Å². The quantitative estimate of drug-likeness (QED) is 0.720. The zero-order valence-electron chi connectivity index (χ0n) is 16.6. The lowest BCUT2D eigenvalue weighted by Gasteiger charge is -2.30. The molecule has 2 amide bonds. The minimum atomic E-state index is -0.565. The van der Waals surface area contributed by atoms with Gasteiger partial charge < -0.3 is 10.1 Å². The first-order valence-corrected chi connectivity index (χ1v) is 10.1. The Morgan fingerprint density at radius 3 is 2.52 bits per heavy atom. The summed E-state index contributed by atoms with van der Waals surface area (Å²) in [5.41, 5.74) is 1.49. The fraction of sp³-hybridized carbons (Fsp3) is 0.391. The van der Waals surface area contributed by atoms with Gasteiger partial charge >= 0.3 is 6.09 Å². The highest BCUT2D eigenvalue weighted by atomic mass is 19.1. The molecule has 29 heavy (non-hydrogen) atoms. The standard InChI is InChI=1S/C23H27FN2O3/c1-2-21(16-7-4-3-5-8-16)22(27)25-19-9-6-10-20(15-19)29-23(28)26-18-13-11-17(24)12-14-18/h3-5,7-8,11-14,19-21H,2,6,9-10,15H2,1H3,(H,25,27)(H,26,28)/t19-,20+,21-/m1/s1. The van der Waals surface area contributed by atoms with E-state index in [-0.39, 0.29) is 29.8 Å². The SMILES string of the molecule is CC[C@@H](C(=O)N[C@@H]1CCC[C@H](OC(=O)Nc2ccc(F)cc2)C1)c1ccccc1. The predicted molar refractivity (Wildman–Crippen MR) is 110 cm³/mol. The van der Waals surface area contributed by atoms with Crippen molar-refractivity contribution in [3.8, 4) is 0 Å². The molecule has 154 valence electrons. The average molecular weight is 398 g/mol. The lowest BCUT2D eigenvalue weighted by molar-refractivity contribution is -0.123. The van der Waals surface area contributed by atoms with Crippen LogP contribution in [0.2, 0.25) is 0 Å². The molecule has 0 spiro atoms. The molecule has 0 aliphatic heterocycles. The third-order valence-corrected chi connectivity index (χ3v) is 5.26. The van der Waals surface area contributed by atoms with Gasteiger partial charge in [-0.15, -0.1) is 0 Å². The van der Waals surface area contributed by atoms with Crippen molar-refractivity contribution in [3.63, 3.8) is 0 Å². The predicted octanol–water partition coefficient (Wildman–Crippen LogP) is 5.00. The molecule has 1 aliphatic carbocycles. The summed E-state index contributed by atoms with van der Waals surface area (Å²) in [4.78, 5) is 24.9. The van der Waals surface area contributed by atoms with Crippen molar-refractivity contribution in [3.05, 3.63) is 66.0 Å². The van der Waals surface area contributed by atoms with Gasteiger partial charge in [0.1, 0.15) is 11.9 Å². The Kier molecular flexibility index (Phi) is 7.22. The van der Waals surface area contributed by atoms with Crippen LogP contribution in [-0.2, 0) is 9.53 Å². The van der Waals surface area contributed by atoms with Crippen LogP contribution < -0.4 is 10.6 Å². The van der Waals surface area contributed by atoms with Gasteiger partial charge in [0, 0.05) is 18.2 Å². The molecule has 1 fully saturated rings. The summed E-state index contributed by atoms with van der Waals surface area (Å²) < 4.78 is 18.5. The van der Waals surface area contributed by atoms with Gasteiger partial charge in [0.25, 0.3) is 0 Å². The van der Waals surface area contributed by atoms with Gasteiger partial charge in [-0.2, -0.15) is 0 Å². The van der Waals surface area contributed by atoms with Gasteiger partial charge in [0.05, 0.1) is 5.92 Å². The number of hydrogen-bond acceptors (Lipinski definition) is 3. The fourth-order valence-electron chi connectivity index (χ4n) is 3.77. The van der Waals surface area contributed by atoms with E-state index in [0.717, 1.165) is 31.2 Å². The number of hydrogen-bond donors (Lipinski definition) is 2.